The highest BCUT2D eigenvalue weighted by molar-refractivity contribution is 6.12. The lowest BCUT2D eigenvalue weighted by Gasteiger charge is -2.40. The number of fused-ring (bicyclic) bond motifs is 6. The Morgan fingerprint density at radius 2 is 1.48 bits per heavy atom. The van der Waals surface area contributed by atoms with Crippen LogP contribution in [-0.2, 0) is 18.9 Å². The van der Waals surface area contributed by atoms with E-state index < -0.39 is 60.3 Å². The molecule has 2 saturated heterocycles. The smallest absolute Gasteiger partial charge is 0.164 e. The number of hydrogen-bond donors (Lipinski definition) is 3. The number of hydrogen-bond acceptors (Lipinski definition) is 9. The van der Waals surface area contributed by atoms with Crippen molar-refractivity contribution in [2.45, 2.75) is 88.0 Å². The molecule has 1 unspecified atom stereocenters. The molecule has 2 aliphatic carbocycles. The second-order valence-corrected chi connectivity index (χ2v) is 8.56. The first-order valence-corrected chi connectivity index (χ1v) is 9.20. The molecule has 9 nitrogen and oxygen atoms in total. The Labute approximate surface area is 156 Å². The molecule has 9 heteroatoms. The molecule has 148 valence electrons. The molecule has 27 heavy (non-hydrogen) atoms. The molecule has 3 N–H and O–H groups in total. The van der Waals surface area contributed by atoms with Crippen LogP contribution in [0.25, 0.3) is 0 Å². The lowest BCUT2D eigenvalue weighted by atomic mass is 9.82. The first-order chi connectivity index (χ1) is 12.6. The number of aliphatic hydroxyl groups excluding tert-OH is 3. The molecule has 0 aromatic rings. The van der Waals surface area contributed by atoms with Gasteiger partial charge in [-0.05, 0) is 33.8 Å². The Morgan fingerprint density at radius 3 is 2.19 bits per heavy atom. The summed E-state index contributed by atoms with van der Waals surface area (Å²) in [4.78, 5) is 9.32. The largest absolute Gasteiger partial charge is 0.388 e. The van der Waals surface area contributed by atoms with Crippen molar-refractivity contribution in [2.75, 3.05) is 0 Å². The summed E-state index contributed by atoms with van der Waals surface area (Å²) in [7, 11) is 0. The predicted octanol–water partition coefficient (Wildman–Crippen LogP) is -0.715. The quantitative estimate of drug-likeness (QED) is 0.507. The van der Waals surface area contributed by atoms with Crippen LogP contribution in [0.3, 0.4) is 0 Å². The van der Waals surface area contributed by atoms with Gasteiger partial charge in [0.15, 0.2) is 11.6 Å². The second kappa shape index (κ2) is 5.44. The summed E-state index contributed by atoms with van der Waals surface area (Å²) in [6.07, 6.45) is -4.19. The van der Waals surface area contributed by atoms with Crippen molar-refractivity contribution in [1.82, 2.24) is 0 Å². The number of nitrogens with zero attached hydrogens (tertiary/aromatic N) is 2. The standard InChI is InChI=1S/C18H24N2O7/c1-17(2)24-13-7(21)5-6-8(14(13)25-17)20-9-10(19-6)15-16(12(23)11(9)22)27-18(3,4)26-15/h5,7,9,11-16,21-23H,1-4H3/t7-,9?,11-,12-,13+,14-,15-,16+/m1/s1. The fourth-order valence-electron chi connectivity index (χ4n) is 4.53. The van der Waals surface area contributed by atoms with Gasteiger partial charge in [0, 0.05) is 0 Å². The van der Waals surface area contributed by atoms with Gasteiger partial charge in [-0.25, -0.2) is 0 Å². The summed E-state index contributed by atoms with van der Waals surface area (Å²) in [5.74, 6) is -1.77. The van der Waals surface area contributed by atoms with Gasteiger partial charge in [-0.2, -0.15) is 0 Å². The van der Waals surface area contributed by atoms with Gasteiger partial charge in [-0.15, -0.1) is 0 Å². The van der Waals surface area contributed by atoms with Gasteiger partial charge in [-0.1, -0.05) is 0 Å². The van der Waals surface area contributed by atoms with Crippen molar-refractivity contribution in [3.05, 3.63) is 11.8 Å². The van der Waals surface area contributed by atoms with E-state index in [0.29, 0.717) is 17.1 Å². The maximum atomic E-state index is 10.7. The molecule has 0 aromatic heterocycles. The third-order valence-corrected chi connectivity index (χ3v) is 5.59. The predicted molar refractivity (Wildman–Crippen MR) is 92.4 cm³/mol. The Bertz CT molecular complexity index is 774. The highest BCUT2D eigenvalue weighted by Crippen LogP contribution is 2.42. The fraction of sp³-hybridized carbons (Fsp3) is 0.778. The molecule has 3 heterocycles. The monoisotopic (exact) mass is 380 g/mol. The van der Waals surface area contributed by atoms with Crippen LogP contribution in [-0.4, -0.2) is 87.1 Å². The van der Waals surface area contributed by atoms with Crippen molar-refractivity contribution >= 4 is 11.4 Å². The summed E-state index contributed by atoms with van der Waals surface area (Å²) in [5.41, 5.74) is 1.47. The molecule has 0 amide bonds. The number of ether oxygens (including phenoxy) is 4. The Hall–Kier alpha value is -1.20. The molecule has 0 radical (unpaired) electrons. The number of rotatable bonds is 0. The molecule has 3 fully saturated rings. The van der Waals surface area contributed by atoms with Crippen LogP contribution in [0.1, 0.15) is 27.7 Å². The van der Waals surface area contributed by atoms with Gasteiger partial charge in [0.2, 0.25) is 0 Å². The molecular weight excluding hydrogens is 356 g/mol. The lowest BCUT2D eigenvalue weighted by molar-refractivity contribution is -0.159. The topological polar surface area (TPSA) is 122 Å². The van der Waals surface area contributed by atoms with Crippen LogP contribution in [0, 0.1) is 0 Å². The van der Waals surface area contributed by atoms with E-state index in [1.165, 1.54) is 0 Å². The minimum atomic E-state index is -1.18. The van der Waals surface area contributed by atoms with Gasteiger partial charge in [0.25, 0.3) is 0 Å². The number of aliphatic imine (C=N–C) groups is 2. The molecule has 0 bridgehead atoms. The summed E-state index contributed by atoms with van der Waals surface area (Å²) in [6.45, 7) is 7.03. The van der Waals surface area contributed by atoms with E-state index in [1.807, 2.05) is 0 Å². The van der Waals surface area contributed by atoms with Gasteiger partial charge in [0.1, 0.15) is 48.8 Å². The van der Waals surface area contributed by atoms with E-state index in [1.54, 1.807) is 33.8 Å². The maximum Gasteiger partial charge on any atom is 0.164 e. The normalized spacial score (nSPS) is 49.2. The first-order valence-electron chi connectivity index (χ1n) is 9.20. The maximum absolute atomic E-state index is 10.7. The molecule has 3 aliphatic heterocycles. The summed E-state index contributed by atoms with van der Waals surface area (Å²) >= 11 is 0. The average Bonchev–Trinajstić information content (AvgIpc) is 3.08. The van der Waals surface area contributed by atoms with E-state index in [4.69, 9.17) is 18.9 Å². The van der Waals surface area contributed by atoms with E-state index in [-0.39, 0.29) is 0 Å². The van der Waals surface area contributed by atoms with Gasteiger partial charge in [-0.3, -0.25) is 9.98 Å². The van der Waals surface area contributed by atoms with Crippen molar-refractivity contribution in [2.24, 2.45) is 9.98 Å². The van der Waals surface area contributed by atoms with Crippen molar-refractivity contribution in [1.29, 1.82) is 0 Å². The zero-order valence-electron chi connectivity index (χ0n) is 15.6. The zero-order chi connectivity index (χ0) is 19.3. The van der Waals surface area contributed by atoms with Gasteiger partial charge in [0.05, 0.1) is 17.1 Å². The highest BCUT2D eigenvalue weighted by atomic mass is 16.8. The van der Waals surface area contributed by atoms with Gasteiger partial charge >= 0.3 is 0 Å². The van der Waals surface area contributed by atoms with Crippen LogP contribution in [0.15, 0.2) is 21.8 Å². The van der Waals surface area contributed by atoms with Crippen molar-refractivity contribution in [3.63, 3.8) is 0 Å². The third kappa shape index (κ3) is 2.57. The minimum absolute atomic E-state index is 0.479. The Morgan fingerprint density at radius 1 is 0.852 bits per heavy atom. The Balaban J connectivity index is 1.57. The lowest BCUT2D eigenvalue weighted by Crippen LogP contribution is -2.61. The summed E-state index contributed by atoms with van der Waals surface area (Å²) < 4.78 is 23.4. The minimum Gasteiger partial charge on any atom is -0.388 e. The SMILES string of the molecule is CC1(C)O[C@H]2[C@H](O)[C@H](O)C3N=C4C(=C[C@@H](O)[C@@H]5OC(C)(C)O[C@H]45)N=C3[C@H]2O1. The molecule has 1 saturated carbocycles. The third-order valence-electron chi connectivity index (χ3n) is 5.59. The van der Waals surface area contributed by atoms with Crippen LogP contribution >= 0.6 is 0 Å². The molecular formula is C18H24N2O7. The van der Waals surface area contributed by atoms with Crippen LogP contribution in [0.2, 0.25) is 0 Å². The Kier molecular flexibility index (Phi) is 3.60. The second-order valence-electron chi connectivity index (χ2n) is 8.56. The van der Waals surface area contributed by atoms with E-state index in [2.05, 4.69) is 9.98 Å². The van der Waals surface area contributed by atoms with Crippen LogP contribution in [0.4, 0.5) is 0 Å². The highest BCUT2D eigenvalue weighted by Gasteiger charge is 2.58. The van der Waals surface area contributed by atoms with E-state index in [0.717, 1.165) is 0 Å². The average molecular weight is 380 g/mol. The molecule has 0 aromatic carbocycles. The molecule has 5 aliphatic rings. The first kappa shape index (κ1) is 17.9. The molecule has 8 atom stereocenters. The van der Waals surface area contributed by atoms with Crippen molar-refractivity contribution < 1.29 is 34.3 Å². The van der Waals surface area contributed by atoms with Gasteiger partial charge < -0.3 is 34.3 Å². The molecule has 5 rings (SSSR count). The summed E-state index contributed by atoms with van der Waals surface area (Å²) in [5, 5.41) is 31.7. The molecule has 0 spiro atoms. The van der Waals surface area contributed by atoms with E-state index >= 15 is 0 Å². The summed E-state index contributed by atoms with van der Waals surface area (Å²) in [6, 6.07) is -0.769. The zero-order valence-corrected chi connectivity index (χ0v) is 15.6. The number of aliphatic hydroxyl groups is 3. The van der Waals surface area contributed by atoms with Crippen LogP contribution in [0.5, 0.6) is 0 Å². The van der Waals surface area contributed by atoms with Crippen LogP contribution < -0.4 is 0 Å². The van der Waals surface area contributed by atoms with Crippen molar-refractivity contribution in [3.8, 4) is 0 Å². The van der Waals surface area contributed by atoms with E-state index in [9.17, 15) is 15.3 Å². The fourth-order valence-corrected chi connectivity index (χ4v) is 4.53.